The van der Waals surface area contributed by atoms with Gasteiger partial charge in [-0.25, -0.2) is 0 Å². The standard InChI is InChI=1S/C12H26N2O4S/c1-4-5-6-7-8-11(2)13-19(17,18)14(3)10-9-12(15)16/h11,13H,4-10H2,1-3H3,(H,15,16). The molecular weight excluding hydrogens is 268 g/mol. The lowest BCUT2D eigenvalue weighted by Crippen LogP contribution is -2.43. The van der Waals surface area contributed by atoms with Crippen LogP contribution in [-0.2, 0) is 15.0 Å². The molecule has 7 heteroatoms. The van der Waals surface area contributed by atoms with Gasteiger partial charge in [0, 0.05) is 19.6 Å². The fraction of sp³-hybridized carbons (Fsp3) is 0.917. The van der Waals surface area contributed by atoms with Gasteiger partial charge in [-0.15, -0.1) is 0 Å². The van der Waals surface area contributed by atoms with Crippen molar-refractivity contribution in [1.82, 2.24) is 9.03 Å². The number of rotatable bonds is 11. The molecule has 0 radical (unpaired) electrons. The van der Waals surface area contributed by atoms with Crippen molar-refractivity contribution in [2.75, 3.05) is 13.6 Å². The fourth-order valence-corrected chi connectivity index (χ4v) is 2.79. The van der Waals surface area contributed by atoms with E-state index in [1.807, 2.05) is 6.92 Å². The Balaban J connectivity index is 4.08. The lowest BCUT2D eigenvalue weighted by molar-refractivity contribution is -0.137. The first-order valence-electron chi connectivity index (χ1n) is 6.75. The molecule has 2 N–H and O–H groups in total. The number of carboxylic acids is 1. The van der Waals surface area contributed by atoms with E-state index in [1.165, 1.54) is 7.05 Å². The number of hydrogen-bond acceptors (Lipinski definition) is 3. The van der Waals surface area contributed by atoms with E-state index in [0.717, 1.165) is 36.4 Å². The highest BCUT2D eigenvalue weighted by Crippen LogP contribution is 2.07. The Morgan fingerprint density at radius 3 is 2.47 bits per heavy atom. The molecule has 0 heterocycles. The van der Waals surface area contributed by atoms with Crippen LogP contribution < -0.4 is 4.72 Å². The SMILES string of the molecule is CCCCCCC(C)NS(=O)(=O)N(C)CCC(=O)O. The number of carboxylic acid groups (broad SMARTS) is 1. The van der Waals surface area contributed by atoms with Gasteiger partial charge in [-0.2, -0.15) is 17.4 Å². The monoisotopic (exact) mass is 294 g/mol. The second kappa shape index (κ2) is 9.28. The van der Waals surface area contributed by atoms with Crippen molar-refractivity contribution in [3.63, 3.8) is 0 Å². The first-order valence-corrected chi connectivity index (χ1v) is 8.19. The molecule has 0 aromatic rings. The van der Waals surface area contributed by atoms with Crippen molar-refractivity contribution in [2.45, 2.75) is 58.4 Å². The van der Waals surface area contributed by atoms with E-state index in [2.05, 4.69) is 11.6 Å². The molecule has 0 aromatic heterocycles. The smallest absolute Gasteiger partial charge is 0.304 e. The predicted octanol–water partition coefficient (Wildman–Crippen LogP) is 1.59. The van der Waals surface area contributed by atoms with Crippen LogP contribution in [0.25, 0.3) is 0 Å². The molecule has 0 aromatic carbocycles. The summed E-state index contributed by atoms with van der Waals surface area (Å²) in [6, 6.07) is -0.130. The molecule has 0 fully saturated rings. The van der Waals surface area contributed by atoms with Crippen LogP contribution in [0.4, 0.5) is 0 Å². The summed E-state index contributed by atoms with van der Waals surface area (Å²) in [6.45, 7) is 3.94. The van der Waals surface area contributed by atoms with E-state index in [4.69, 9.17) is 5.11 Å². The third kappa shape index (κ3) is 8.96. The number of aliphatic carboxylic acids is 1. The molecule has 1 atom stereocenters. The molecule has 6 nitrogen and oxygen atoms in total. The zero-order valence-electron chi connectivity index (χ0n) is 12.1. The second-order valence-corrected chi connectivity index (χ2v) is 6.65. The molecule has 0 aliphatic heterocycles. The van der Waals surface area contributed by atoms with Gasteiger partial charge in [0.15, 0.2) is 0 Å². The number of nitrogens with zero attached hydrogens (tertiary/aromatic N) is 1. The van der Waals surface area contributed by atoms with Gasteiger partial charge in [-0.1, -0.05) is 32.6 Å². The lowest BCUT2D eigenvalue weighted by atomic mass is 10.1. The average molecular weight is 294 g/mol. The van der Waals surface area contributed by atoms with Crippen LogP contribution in [0.1, 0.15) is 52.4 Å². The molecule has 0 aliphatic carbocycles. The highest BCUT2D eigenvalue weighted by Gasteiger charge is 2.20. The Labute approximate surface area is 116 Å². The molecular formula is C12H26N2O4S. The topological polar surface area (TPSA) is 86.7 Å². The third-order valence-corrected chi connectivity index (χ3v) is 4.60. The number of carbonyl (C=O) groups is 1. The first kappa shape index (κ1) is 18.3. The van der Waals surface area contributed by atoms with Crippen LogP contribution in [0.5, 0.6) is 0 Å². The van der Waals surface area contributed by atoms with Crippen molar-refractivity contribution in [1.29, 1.82) is 0 Å². The quantitative estimate of drug-likeness (QED) is 0.566. The highest BCUT2D eigenvalue weighted by molar-refractivity contribution is 7.87. The zero-order valence-corrected chi connectivity index (χ0v) is 12.9. The maximum Gasteiger partial charge on any atom is 0.304 e. The van der Waals surface area contributed by atoms with E-state index in [1.54, 1.807) is 0 Å². The van der Waals surface area contributed by atoms with Crippen LogP contribution in [0, 0.1) is 0 Å². The first-order chi connectivity index (χ1) is 8.79. The molecule has 0 saturated heterocycles. The summed E-state index contributed by atoms with van der Waals surface area (Å²) < 4.78 is 27.3. The van der Waals surface area contributed by atoms with Crippen LogP contribution in [0.15, 0.2) is 0 Å². The average Bonchev–Trinajstić information content (AvgIpc) is 2.30. The van der Waals surface area contributed by atoms with E-state index < -0.39 is 16.2 Å². The summed E-state index contributed by atoms with van der Waals surface area (Å²) in [7, 11) is -2.19. The predicted molar refractivity (Wildman–Crippen MR) is 75.2 cm³/mol. The highest BCUT2D eigenvalue weighted by atomic mass is 32.2. The van der Waals surface area contributed by atoms with Gasteiger partial charge in [0.2, 0.25) is 0 Å². The van der Waals surface area contributed by atoms with Gasteiger partial charge in [0.25, 0.3) is 10.2 Å². The van der Waals surface area contributed by atoms with E-state index in [-0.39, 0.29) is 19.0 Å². The minimum Gasteiger partial charge on any atom is -0.481 e. The fourth-order valence-electron chi connectivity index (χ4n) is 1.65. The minimum atomic E-state index is -3.58. The van der Waals surface area contributed by atoms with Gasteiger partial charge in [0.1, 0.15) is 0 Å². The second-order valence-electron chi connectivity index (χ2n) is 4.84. The summed E-state index contributed by atoms with van der Waals surface area (Å²) in [5.74, 6) is -1.00. The summed E-state index contributed by atoms with van der Waals surface area (Å²) >= 11 is 0. The molecule has 0 rings (SSSR count). The van der Waals surface area contributed by atoms with Gasteiger partial charge in [0.05, 0.1) is 6.42 Å². The van der Waals surface area contributed by atoms with Crippen LogP contribution in [0.3, 0.4) is 0 Å². The van der Waals surface area contributed by atoms with E-state index in [0.29, 0.717) is 0 Å². The molecule has 0 amide bonds. The summed E-state index contributed by atoms with van der Waals surface area (Å²) in [5.41, 5.74) is 0. The van der Waals surface area contributed by atoms with Crippen molar-refractivity contribution >= 4 is 16.2 Å². The minimum absolute atomic E-state index is 0.0206. The third-order valence-electron chi connectivity index (χ3n) is 2.89. The van der Waals surface area contributed by atoms with E-state index in [9.17, 15) is 13.2 Å². The Hall–Kier alpha value is -0.660. The number of nitrogens with one attached hydrogen (secondary N) is 1. The Bertz CT molecular complexity index is 357. The normalized spacial score (nSPS) is 13.7. The number of hydrogen-bond donors (Lipinski definition) is 2. The van der Waals surface area contributed by atoms with Crippen molar-refractivity contribution in [3.8, 4) is 0 Å². The van der Waals surface area contributed by atoms with Crippen LogP contribution in [0.2, 0.25) is 0 Å². The number of unbranched alkanes of at least 4 members (excludes halogenated alkanes) is 3. The van der Waals surface area contributed by atoms with Crippen molar-refractivity contribution in [3.05, 3.63) is 0 Å². The molecule has 0 spiro atoms. The Kier molecular flexibility index (Phi) is 8.95. The van der Waals surface area contributed by atoms with Crippen molar-refractivity contribution in [2.24, 2.45) is 0 Å². The van der Waals surface area contributed by atoms with Crippen LogP contribution in [-0.4, -0.2) is 43.4 Å². The molecule has 114 valence electrons. The maximum atomic E-state index is 11.9. The summed E-state index contributed by atoms with van der Waals surface area (Å²) in [4.78, 5) is 10.4. The Morgan fingerprint density at radius 2 is 1.95 bits per heavy atom. The van der Waals surface area contributed by atoms with Gasteiger partial charge < -0.3 is 5.11 Å². The Morgan fingerprint density at radius 1 is 1.32 bits per heavy atom. The van der Waals surface area contributed by atoms with Crippen molar-refractivity contribution < 1.29 is 18.3 Å². The van der Waals surface area contributed by atoms with Gasteiger partial charge >= 0.3 is 5.97 Å². The van der Waals surface area contributed by atoms with Crippen LogP contribution >= 0.6 is 0 Å². The molecule has 0 bridgehead atoms. The molecule has 0 saturated carbocycles. The molecule has 1 unspecified atom stereocenters. The summed E-state index contributed by atoms with van der Waals surface area (Å²) in [5, 5.41) is 8.53. The lowest BCUT2D eigenvalue weighted by Gasteiger charge is -2.20. The van der Waals surface area contributed by atoms with E-state index >= 15 is 0 Å². The molecule has 19 heavy (non-hydrogen) atoms. The summed E-state index contributed by atoms with van der Waals surface area (Å²) in [6.07, 6.45) is 5.03. The molecule has 0 aliphatic rings. The van der Waals surface area contributed by atoms with Gasteiger partial charge in [-0.05, 0) is 13.3 Å². The van der Waals surface area contributed by atoms with Gasteiger partial charge in [-0.3, -0.25) is 4.79 Å². The zero-order chi connectivity index (χ0) is 14.9. The largest absolute Gasteiger partial charge is 0.481 e. The maximum absolute atomic E-state index is 11.9.